The highest BCUT2D eigenvalue weighted by Crippen LogP contribution is 2.47. The Morgan fingerprint density at radius 2 is 1.91 bits per heavy atom. The first-order valence-electron chi connectivity index (χ1n) is 7.22. The van der Waals surface area contributed by atoms with Crippen LogP contribution in [0.4, 0.5) is 13.2 Å². The van der Waals surface area contributed by atoms with Crippen LogP contribution < -0.4 is 0 Å². The zero-order valence-electron chi connectivity index (χ0n) is 11.9. The van der Waals surface area contributed by atoms with Crippen LogP contribution in [0, 0.1) is 5.41 Å². The fourth-order valence-electron chi connectivity index (χ4n) is 3.43. The van der Waals surface area contributed by atoms with E-state index >= 15 is 0 Å². The summed E-state index contributed by atoms with van der Waals surface area (Å²) in [4.78, 5) is 29.6. The third-order valence-electron chi connectivity index (χ3n) is 4.50. The van der Waals surface area contributed by atoms with Gasteiger partial charge in [-0.25, -0.2) is 4.98 Å². The molecule has 120 valence electrons. The van der Waals surface area contributed by atoms with E-state index in [-0.39, 0.29) is 30.6 Å². The first-order chi connectivity index (χ1) is 10.3. The molecule has 2 fully saturated rings. The van der Waals surface area contributed by atoms with E-state index in [1.54, 1.807) is 0 Å². The van der Waals surface area contributed by atoms with Gasteiger partial charge in [0.25, 0.3) is 0 Å². The van der Waals surface area contributed by atoms with Crippen LogP contribution in [0.1, 0.15) is 37.9 Å². The van der Waals surface area contributed by atoms with Gasteiger partial charge in [-0.1, -0.05) is 12.8 Å². The Bertz CT molecular complexity index is 603. The maximum absolute atomic E-state index is 12.5. The first kappa shape index (κ1) is 15.1. The van der Waals surface area contributed by atoms with Crippen LogP contribution in [-0.4, -0.2) is 32.4 Å². The van der Waals surface area contributed by atoms with Gasteiger partial charge in [-0.3, -0.25) is 14.5 Å². The van der Waals surface area contributed by atoms with Crippen LogP contribution in [0.25, 0.3) is 0 Å². The molecular weight excluding hydrogens is 299 g/mol. The van der Waals surface area contributed by atoms with Gasteiger partial charge in [0.2, 0.25) is 11.8 Å². The smallest absolute Gasteiger partial charge is 0.324 e. The lowest BCUT2D eigenvalue weighted by atomic mass is 9.84. The van der Waals surface area contributed by atoms with E-state index < -0.39 is 18.1 Å². The molecule has 0 aromatic carbocycles. The van der Waals surface area contributed by atoms with Gasteiger partial charge >= 0.3 is 6.18 Å². The second-order valence-corrected chi connectivity index (χ2v) is 6.04. The van der Waals surface area contributed by atoms with E-state index in [0.29, 0.717) is 12.8 Å². The lowest BCUT2D eigenvalue weighted by molar-refractivity contribution is -0.143. The summed E-state index contributed by atoms with van der Waals surface area (Å²) >= 11 is 0. The topological polar surface area (TPSA) is 55.2 Å². The fourth-order valence-corrected chi connectivity index (χ4v) is 3.43. The number of likely N-dealkylation sites (tertiary alicyclic amines) is 1. The Hall–Kier alpha value is -1.86. The predicted molar refractivity (Wildman–Crippen MR) is 69.4 cm³/mol. The van der Waals surface area contributed by atoms with Crippen molar-refractivity contribution >= 4 is 11.8 Å². The minimum atomic E-state index is -4.37. The normalized spacial score (nSPS) is 21.3. The number of rotatable bonds is 3. The molecule has 1 aromatic heterocycles. The number of carbonyl (C=O) groups excluding carboxylic acids is 2. The zero-order valence-corrected chi connectivity index (χ0v) is 11.9. The highest BCUT2D eigenvalue weighted by Gasteiger charge is 2.52. The summed E-state index contributed by atoms with van der Waals surface area (Å²) in [6.07, 6.45) is 1.45. The molecule has 0 radical (unpaired) electrons. The van der Waals surface area contributed by atoms with Crippen molar-refractivity contribution in [3.63, 3.8) is 0 Å². The molecule has 22 heavy (non-hydrogen) atoms. The van der Waals surface area contributed by atoms with Gasteiger partial charge in [-0.2, -0.15) is 13.2 Å². The molecule has 1 saturated heterocycles. The van der Waals surface area contributed by atoms with Gasteiger partial charge in [0.05, 0.1) is 12.0 Å². The maximum Gasteiger partial charge on any atom is 0.406 e. The van der Waals surface area contributed by atoms with Crippen LogP contribution in [0.2, 0.25) is 0 Å². The highest BCUT2D eigenvalue weighted by molar-refractivity contribution is 6.05. The molecule has 1 saturated carbocycles. The second-order valence-electron chi connectivity index (χ2n) is 6.04. The van der Waals surface area contributed by atoms with Crippen LogP contribution in [0.3, 0.4) is 0 Å². The van der Waals surface area contributed by atoms with Crippen molar-refractivity contribution in [2.75, 3.05) is 0 Å². The third-order valence-corrected chi connectivity index (χ3v) is 4.50. The molecule has 1 aromatic rings. The molecule has 0 atom stereocenters. The minimum Gasteiger partial charge on any atom is -0.324 e. The molecule has 1 aliphatic heterocycles. The van der Waals surface area contributed by atoms with Gasteiger partial charge < -0.3 is 4.57 Å². The Morgan fingerprint density at radius 3 is 2.55 bits per heavy atom. The zero-order chi connectivity index (χ0) is 16.0. The lowest BCUT2D eigenvalue weighted by Crippen LogP contribution is -2.35. The van der Waals surface area contributed by atoms with Crippen LogP contribution in [0.15, 0.2) is 12.4 Å². The van der Waals surface area contributed by atoms with E-state index in [9.17, 15) is 22.8 Å². The maximum atomic E-state index is 12.5. The number of amides is 2. The molecule has 1 aliphatic carbocycles. The number of imide groups is 1. The predicted octanol–water partition coefficient (Wildman–Crippen LogP) is 2.26. The van der Waals surface area contributed by atoms with Gasteiger partial charge in [0, 0.05) is 18.8 Å². The molecule has 0 bridgehead atoms. The standard InChI is InChI=1S/C14H16F3N3O2/c15-14(16,17)9-19-6-5-18-10(19)8-20-11(21)7-13(12(20)22)3-1-2-4-13/h5-6H,1-4,7-9H2. The molecule has 8 heteroatoms. The number of halogens is 3. The number of hydrogen-bond acceptors (Lipinski definition) is 3. The minimum absolute atomic E-state index is 0.0778. The summed E-state index contributed by atoms with van der Waals surface area (Å²) in [6, 6.07) is 0. The average Bonchev–Trinajstić information content (AvgIpc) is 3.08. The number of aromatic nitrogens is 2. The van der Waals surface area contributed by atoms with Crippen molar-refractivity contribution in [1.29, 1.82) is 0 Å². The summed E-state index contributed by atoms with van der Waals surface area (Å²) in [7, 11) is 0. The molecule has 2 amide bonds. The third kappa shape index (κ3) is 2.62. The number of imidazole rings is 1. The van der Waals surface area contributed by atoms with Crippen molar-refractivity contribution in [3.05, 3.63) is 18.2 Å². The summed E-state index contributed by atoms with van der Waals surface area (Å²) in [5, 5.41) is 0. The van der Waals surface area contributed by atoms with Crippen LogP contribution >= 0.6 is 0 Å². The molecule has 5 nitrogen and oxygen atoms in total. The summed E-state index contributed by atoms with van der Waals surface area (Å²) in [5.41, 5.74) is -0.613. The quantitative estimate of drug-likeness (QED) is 0.804. The highest BCUT2D eigenvalue weighted by atomic mass is 19.4. The Balaban J connectivity index is 1.78. The van der Waals surface area contributed by atoms with Gasteiger partial charge in [0.15, 0.2) is 0 Å². The molecule has 0 N–H and O–H groups in total. The number of nitrogens with zero attached hydrogens (tertiary/aromatic N) is 3. The van der Waals surface area contributed by atoms with E-state index in [4.69, 9.17) is 0 Å². The fraction of sp³-hybridized carbons (Fsp3) is 0.643. The molecule has 2 aliphatic rings. The summed E-state index contributed by atoms with van der Waals surface area (Å²) in [6.45, 7) is -1.37. The van der Waals surface area contributed by atoms with Crippen molar-refractivity contribution < 1.29 is 22.8 Å². The molecular formula is C14H16F3N3O2. The van der Waals surface area contributed by atoms with Gasteiger partial charge in [0.1, 0.15) is 12.4 Å². The Morgan fingerprint density at radius 1 is 1.23 bits per heavy atom. The van der Waals surface area contributed by atoms with E-state index in [1.807, 2.05) is 0 Å². The number of hydrogen-bond donors (Lipinski definition) is 0. The monoisotopic (exact) mass is 315 g/mol. The number of carbonyl (C=O) groups is 2. The van der Waals surface area contributed by atoms with E-state index in [2.05, 4.69) is 4.98 Å². The summed E-state index contributed by atoms with van der Waals surface area (Å²) in [5.74, 6) is -0.487. The molecule has 1 spiro atoms. The Kier molecular flexibility index (Phi) is 3.49. The largest absolute Gasteiger partial charge is 0.406 e. The molecule has 3 rings (SSSR count). The number of alkyl halides is 3. The van der Waals surface area contributed by atoms with E-state index in [1.165, 1.54) is 12.4 Å². The van der Waals surface area contributed by atoms with E-state index in [0.717, 1.165) is 22.3 Å². The van der Waals surface area contributed by atoms with Crippen LogP contribution in [0.5, 0.6) is 0 Å². The van der Waals surface area contributed by atoms with Crippen molar-refractivity contribution in [3.8, 4) is 0 Å². The van der Waals surface area contributed by atoms with Crippen molar-refractivity contribution in [1.82, 2.24) is 14.5 Å². The first-order valence-corrected chi connectivity index (χ1v) is 7.22. The summed E-state index contributed by atoms with van der Waals surface area (Å²) < 4.78 is 38.5. The average molecular weight is 315 g/mol. The van der Waals surface area contributed by atoms with Crippen LogP contribution in [-0.2, 0) is 22.7 Å². The molecule has 2 heterocycles. The Labute approximate surface area is 125 Å². The van der Waals surface area contributed by atoms with Crippen molar-refractivity contribution in [2.24, 2.45) is 5.41 Å². The van der Waals surface area contributed by atoms with Crippen molar-refractivity contribution in [2.45, 2.75) is 51.4 Å². The van der Waals surface area contributed by atoms with Gasteiger partial charge in [-0.15, -0.1) is 0 Å². The second kappa shape index (κ2) is 5.10. The van der Waals surface area contributed by atoms with Gasteiger partial charge in [-0.05, 0) is 12.8 Å². The lowest BCUT2D eigenvalue weighted by Gasteiger charge is -2.21. The molecule has 0 unspecified atom stereocenters. The SMILES string of the molecule is O=C1CC2(CCCC2)C(=O)N1Cc1nccn1CC(F)(F)F.